The van der Waals surface area contributed by atoms with Crippen LogP contribution in [0.3, 0.4) is 0 Å². The van der Waals surface area contributed by atoms with E-state index in [0.29, 0.717) is 5.41 Å². The number of hydrogen-bond donors (Lipinski definition) is 1. The Morgan fingerprint density at radius 2 is 1.56 bits per heavy atom. The number of hydrogen-bond acceptors (Lipinski definition) is 3. The van der Waals surface area contributed by atoms with Gasteiger partial charge in [0.15, 0.2) is 0 Å². The van der Waals surface area contributed by atoms with Gasteiger partial charge in [-0.1, -0.05) is 40.0 Å². The van der Waals surface area contributed by atoms with Gasteiger partial charge < -0.3 is 5.32 Å². The summed E-state index contributed by atoms with van der Waals surface area (Å²) < 4.78 is 0. The number of likely N-dealkylation sites (tertiary alicyclic amines) is 1. The molecule has 3 amide bonds. The molecule has 0 radical (unpaired) electrons. The fraction of sp³-hybridized carbons (Fsp3) is 0.864. The van der Waals surface area contributed by atoms with E-state index in [2.05, 4.69) is 26.1 Å². The van der Waals surface area contributed by atoms with Crippen LogP contribution in [-0.2, 0) is 14.4 Å². The number of rotatable bonds is 6. The maximum atomic E-state index is 12.5. The van der Waals surface area contributed by atoms with E-state index in [1.807, 2.05) is 0 Å². The average Bonchev–Trinajstić information content (AvgIpc) is 2.91. The topological polar surface area (TPSA) is 66.5 Å². The summed E-state index contributed by atoms with van der Waals surface area (Å²) >= 11 is 0. The second kappa shape index (κ2) is 8.32. The van der Waals surface area contributed by atoms with Gasteiger partial charge in [0.1, 0.15) is 0 Å². The molecule has 0 bridgehead atoms. The van der Waals surface area contributed by atoms with Gasteiger partial charge >= 0.3 is 0 Å². The Morgan fingerprint density at radius 1 is 1.00 bits per heavy atom. The van der Waals surface area contributed by atoms with Gasteiger partial charge in [-0.3, -0.25) is 19.3 Å². The number of nitrogens with one attached hydrogen (secondary N) is 1. The summed E-state index contributed by atoms with van der Waals surface area (Å²) in [5.74, 6) is 0.389. The van der Waals surface area contributed by atoms with Crippen LogP contribution in [-0.4, -0.2) is 35.2 Å². The molecule has 3 aliphatic rings. The maximum absolute atomic E-state index is 12.5. The molecule has 27 heavy (non-hydrogen) atoms. The highest BCUT2D eigenvalue weighted by Crippen LogP contribution is 2.40. The van der Waals surface area contributed by atoms with Crippen molar-refractivity contribution >= 4 is 17.7 Å². The summed E-state index contributed by atoms with van der Waals surface area (Å²) in [6, 6.07) is 0.244. The van der Waals surface area contributed by atoms with E-state index in [4.69, 9.17) is 0 Å². The third-order valence-electron chi connectivity index (χ3n) is 7.60. The molecule has 1 heterocycles. The van der Waals surface area contributed by atoms with Crippen molar-refractivity contribution in [2.75, 3.05) is 6.54 Å². The Bertz CT molecular complexity index is 554. The van der Waals surface area contributed by atoms with E-state index < -0.39 is 0 Å². The Kier molecular flexibility index (Phi) is 6.27. The second-order valence-electron chi connectivity index (χ2n) is 9.53. The van der Waals surface area contributed by atoms with Crippen LogP contribution in [0.4, 0.5) is 0 Å². The van der Waals surface area contributed by atoms with Crippen LogP contribution >= 0.6 is 0 Å². The highest BCUT2D eigenvalue weighted by atomic mass is 16.2. The Hall–Kier alpha value is -1.39. The number of amides is 3. The predicted molar refractivity (Wildman–Crippen MR) is 105 cm³/mol. The zero-order chi connectivity index (χ0) is 19.6. The minimum atomic E-state index is -0.119. The molecule has 1 saturated heterocycles. The van der Waals surface area contributed by atoms with E-state index >= 15 is 0 Å². The zero-order valence-electron chi connectivity index (χ0n) is 17.3. The van der Waals surface area contributed by atoms with E-state index in [1.165, 1.54) is 11.3 Å². The van der Waals surface area contributed by atoms with E-state index in [0.717, 1.165) is 57.3 Å². The quantitative estimate of drug-likeness (QED) is 0.719. The molecule has 5 heteroatoms. The lowest BCUT2D eigenvalue weighted by atomic mass is 9.69. The minimum absolute atomic E-state index is 0.0244. The van der Waals surface area contributed by atoms with Crippen molar-refractivity contribution < 1.29 is 14.4 Å². The first-order valence-electron chi connectivity index (χ1n) is 11.0. The van der Waals surface area contributed by atoms with Gasteiger partial charge in [0.25, 0.3) is 0 Å². The lowest BCUT2D eigenvalue weighted by Gasteiger charge is -2.39. The van der Waals surface area contributed by atoms with Crippen molar-refractivity contribution in [3.05, 3.63) is 0 Å². The number of fused-ring (bicyclic) bond motifs is 1. The van der Waals surface area contributed by atoms with Gasteiger partial charge in [0.2, 0.25) is 17.7 Å². The molecule has 2 atom stereocenters. The molecule has 0 spiro atoms. The van der Waals surface area contributed by atoms with Crippen LogP contribution in [0.5, 0.6) is 0 Å². The largest absolute Gasteiger partial charge is 0.353 e. The van der Waals surface area contributed by atoms with Crippen molar-refractivity contribution in [1.29, 1.82) is 0 Å². The summed E-state index contributed by atoms with van der Waals surface area (Å²) in [4.78, 5) is 38.7. The first-order valence-corrected chi connectivity index (χ1v) is 11.0. The summed E-state index contributed by atoms with van der Waals surface area (Å²) in [5.41, 5.74) is 0.377. The molecule has 152 valence electrons. The van der Waals surface area contributed by atoms with Crippen molar-refractivity contribution in [3.63, 3.8) is 0 Å². The van der Waals surface area contributed by atoms with Crippen LogP contribution < -0.4 is 5.32 Å². The van der Waals surface area contributed by atoms with Crippen LogP contribution in [0, 0.1) is 23.2 Å². The molecule has 0 unspecified atom stereocenters. The maximum Gasteiger partial charge on any atom is 0.233 e. The molecular weight excluding hydrogens is 340 g/mol. The van der Waals surface area contributed by atoms with Crippen LogP contribution in [0.15, 0.2) is 0 Å². The average molecular weight is 377 g/mol. The lowest BCUT2D eigenvalue weighted by molar-refractivity contribution is -0.140. The molecule has 0 aromatic rings. The summed E-state index contributed by atoms with van der Waals surface area (Å²) in [6.45, 7) is 7.19. The van der Waals surface area contributed by atoms with Gasteiger partial charge in [-0.25, -0.2) is 0 Å². The molecule has 3 rings (SSSR count). The molecule has 1 N–H and O–H groups in total. The zero-order valence-corrected chi connectivity index (χ0v) is 17.3. The second-order valence-corrected chi connectivity index (χ2v) is 9.53. The third kappa shape index (κ3) is 4.38. The van der Waals surface area contributed by atoms with Crippen molar-refractivity contribution in [3.8, 4) is 0 Å². The van der Waals surface area contributed by atoms with E-state index in [-0.39, 0.29) is 48.6 Å². The molecule has 2 aliphatic carbocycles. The van der Waals surface area contributed by atoms with Gasteiger partial charge in [0.05, 0.1) is 11.8 Å². The lowest BCUT2D eigenvalue weighted by Crippen LogP contribution is -2.41. The van der Waals surface area contributed by atoms with Gasteiger partial charge in [-0.2, -0.15) is 0 Å². The highest BCUT2D eigenvalue weighted by Gasteiger charge is 2.47. The van der Waals surface area contributed by atoms with Gasteiger partial charge in [-0.05, 0) is 49.9 Å². The van der Waals surface area contributed by atoms with Crippen molar-refractivity contribution in [2.24, 2.45) is 23.2 Å². The Balaban J connectivity index is 1.43. The standard InChI is InChI=1S/C22H36N2O3/c1-4-22(2,3)15-9-11-16(12-10-15)23-19(25)13-14-24-20(26)17-7-5-6-8-18(17)21(24)27/h15-18H,4-14H2,1-3H3,(H,23,25)/t15?,16?,17-,18-/m1/s1. The summed E-state index contributed by atoms with van der Waals surface area (Å²) in [7, 11) is 0. The number of carbonyl (C=O) groups excluding carboxylic acids is 3. The number of carbonyl (C=O) groups is 3. The predicted octanol–water partition coefficient (Wildman–Crippen LogP) is 3.66. The third-order valence-corrected chi connectivity index (χ3v) is 7.60. The Labute approximate surface area is 163 Å². The smallest absolute Gasteiger partial charge is 0.233 e. The highest BCUT2D eigenvalue weighted by molar-refractivity contribution is 6.05. The number of nitrogens with zero attached hydrogens (tertiary/aromatic N) is 1. The van der Waals surface area contributed by atoms with Crippen LogP contribution in [0.1, 0.15) is 85.0 Å². The first kappa shape index (κ1) is 20.3. The monoisotopic (exact) mass is 376 g/mol. The molecular formula is C22H36N2O3. The molecule has 5 nitrogen and oxygen atoms in total. The molecule has 1 aliphatic heterocycles. The first-order chi connectivity index (χ1) is 12.8. The Morgan fingerprint density at radius 3 is 2.07 bits per heavy atom. The SMILES string of the molecule is CCC(C)(C)C1CCC(NC(=O)CCN2C(=O)[C@@H]3CCCC[C@H]3C2=O)CC1. The molecule has 0 aromatic heterocycles. The van der Waals surface area contributed by atoms with E-state index in [9.17, 15) is 14.4 Å². The summed E-state index contributed by atoms with van der Waals surface area (Å²) in [5, 5.41) is 3.14. The molecule has 3 fully saturated rings. The summed E-state index contributed by atoms with van der Waals surface area (Å²) in [6.07, 6.45) is 9.54. The van der Waals surface area contributed by atoms with Gasteiger partial charge in [0, 0.05) is 19.0 Å². The van der Waals surface area contributed by atoms with Gasteiger partial charge in [-0.15, -0.1) is 0 Å². The fourth-order valence-corrected chi connectivity index (χ4v) is 5.27. The van der Waals surface area contributed by atoms with Crippen LogP contribution in [0.2, 0.25) is 0 Å². The van der Waals surface area contributed by atoms with Crippen LogP contribution in [0.25, 0.3) is 0 Å². The minimum Gasteiger partial charge on any atom is -0.353 e. The molecule has 0 aromatic carbocycles. The fourth-order valence-electron chi connectivity index (χ4n) is 5.27. The number of imide groups is 1. The van der Waals surface area contributed by atoms with Crippen molar-refractivity contribution in [2.45, 2.75) is 91.0 Å². The van der Waals surface area contributed by atoms with Crippen molar-refractivity contribution in [1.82, 2.24) is 10.2 Å². The van der Waals surface area contributed by atoms with E-state index in [1.54, 1.807) is 0 Å². The normalized spacial score (nSPS) is 31.7. The molecule has 2 saturated carbocycles.